The maximum atomic E-state index is 13.9. The van der Waals surface area contributed by atoms with Gasteiger partial charge in [-0.25, -0.2) is 13.8 Å². The van der Waals surface area contributed by atoms with Crippen LogP contribution in [0.3, 0.4) is 0 Å². The van der Waals surface area contributed by atoms with Crippen LogP contribution in [0.15, 0.2) is 24.5 Å². The van der Waals surface area contributed by atoms with Crippen molar-refractivity contribution in [1.29, 1.82) is 0 Å². The fraction of sp³-hybridized carbons (Fsp3) is 0.267. The summed E-state index contributed by atoms with van der Waals surface area (Å²) in [6, 6.07) is 3.22. The van der Waals surface area contributed by atoms with Crippen LogP contribution in [0.25, 0.3) is 11.2 Å². The topological polar surface area (TPSA) is 90.9 Å². The summed E-state index contributed by atoms with van der Waals surface area (Å²) >= 11 is 0. The van der Waals surface area contributed by atoms with Gasteiger partial charge in [0.2, 0.25) is 5.95 Å². The SMILES string of the molecule is Nc1nc(Nc2ccc(F)cc2F)c2ncn(C3CCCO3)c2n1. The van der Waals surface area contributed by atoms with Crippen molar-refractivity contribution < 1.29 is 13.5 Å². The Balaban J connectivity index is 1.77. The lowest BCUT2D eigenvalue weighted by atomic mass is 10.3. The van der Waals surface area contributed by atoms with E-state index < -0.39 is 11.6 Å². The van der Waals surface area contributed by atoms with Crippen LogP contribution in [0.2, 0.25) is 0 Å². The molecule has 0 bridgehead atoms. The molecule has 0 amide bonds. The first-order valence-corrected chi connectivity index (χ1v) is 7.45. The molecule has 124 valence electrons. The Hall–Kier alpha value is -2.81. The third kappa shape index (κ3) is 2.52. The quantitative estimate of drug-likeness (QED) is 0.766. The maximum absolute atomic E-state index is 13.9. The van der Waals surface area contributed by atoms with Crippen LogP contribution < -0.4 is 11.1 Å². The van der Waals surface area contributed by atoms with Gasteiger partial charge in [0.05, 0.1) is 12.0 Å². The zero-order chi connectivity index (χ0) is 16.7. The number of imidazole rings is 1. The van der Waals surface area contributed by atoms with Gasteiger partial charge in [-0.1, -0.05) is 0 Å². The molecule has 1 unspecified atom stereocenters. The first-order chi connectivity index (χ1) is 11.6. The van der Waals surface area contributed by atoms with Crippen molar-refractivity contribution in [3.05, 3.63) is 36.2 Å². The van der Waals surface area contributed by atoms with E-state index in [9.17, 15) is 8.78 Å². The number of ether oxygens (including phenoxy) is 1. The summed E-state index contributed by atoms with van der Waals surface area (Å²) in [5.41, 5.74) is 6.77. The molecule has 0 spiro atoms. The van der Waals surface area contributed by atoms with Gasteiger partial charge in [-0.2, -0.15) is 9.97 Å². The van der Waals surface area contributed by atoms with E-state index in [4.69, 9.17) is 10.5 Å². The van der Waals surface area contributed by atoms with Gasteiger partial charge < -0.3 is 15.8 Å². The highest BCUT2D eigenvalue weighted by Gasteiger charge is 2.22. The molecule has 4 rings (SSSR count). The number of nitrogens with two attached hydrogens (primary N) is 1. The van der Waals surface area contributed by atoms with Crippen LogP contribution in [-0.4, -0.2) is 26.1 Å². The number of nitrogen functional groups attached to an aromatic ring is 1. The second-order valence-corrected chi connectivity index (χ2v) is 5.47. The molecule has 1 aliphatic heterocycles. The van der Waals surface area contributed by atoms with Gasteiger partial charge in [-0.3, -0.25) is 4.57 Å². The van der Waals surface area contributed by atoms with Crippen LogP contribution in [0.5, 0.6) is 0 Å². The fourth-order valence-electron chi connectivity index (χ4n) is 2.73. The number of aromatic nitrogens is 4. The summed E-state index contributed by atoms with van der Waals surface area (Å²) in [5, 5.41) is 2.80. The first kappa shape index (κ1) is 14.8. The predicted octanol–water partition coefficient (Wildman–Crippen LogP) is 2.74. The summed E-state index contributed by atoms with van der Waals surface area (Å²) < 4.78 is 34.3. The minimum absolute atomic E-state index is 0.0206. The Morgan fingerprint density at radius 3 is 2.92 bits per heavy atom. The normalized spacial score (nSPS) is 17.5. The number of halogens is 2. The highest BCUT2D eigenvalue weighted by molar-refractivity contribution is 5.86. The molecule has 7 nitrogen and oxygen atoms in total. The van der Waals surface area contributed by atoms with Gasteiger partial charge in [-0.15, -0.1) is 0 Å². The fourth-order valence-corrected chi connectivity index (χ4v) is 2.73. The number of hydrogen-bond donors (Lipinski definition) is 2. The van der Waals surface area contributed by atoms with E-state index in [0.717, 1.165) is 25.0 Å². The van der Waals surface area contributed by atoms with Gasteiger partial charge in [0.1, 0.15) is 17.9 Å². The number of benzene rings is 1. The molecule has 9 heteroatoms. The zero-order valence-corrected chi connectivity index (χ0v) is 12.5. The molecule has 0 radical (unpaired) electrons. The van der Waals surface area contributed by atoms with E-state index in [1.54, 1.807) is 10.9 Å². The van der Waals surface area contributed by atoms with Crippen molar-refractivity contribution >= 4 is 28.6 Å². The Bertz CT molecular complexity index is 906. The molecule has 1 saturated heterocycles. The molecule has 0 saturated carbocycles. The zero-order valence-electron chi connectivity index (χ0n) is 12.5. The third-order valence-electron chi connectivity index (χ3n) is 3.84. The summed E-state index contributed by atoms with van der Waals surface area (Å²) in [4.78, 5) is 12.6. The van der Waals surface area contributed by atoms with Crippen LogP contribution in [0.4, 0.5) is 26.2 Å². The van der Waals surface area contributed by atoms with E-state index >= 15 is 0 Å². The average molecular weight is 332 g/mol. The Kier molecular flexibility index (Phi) is 3.49. The van der Waals surface area contributed by atoms with Gasteiger partial charge in [0.25, 0.3) is 0 Å². The lowest BCUT2D eigenvalue weighted by molar-refractivity contribution is 0.0593. The van der Waals surface area contributed by atoms with Crippen LogP contribution in [0.1, 0.15) is 19.1 Å². The van der Waals surface area contributed by atoms with E-state index in [1.165, 1.54) is 6.07 Å². The minimum atomic E-state index is -0.737. The highest BCUT2D eigenvalue weighted by Crippen LogP contribution is 2.30. The molecule has 0 aliphatic carbocycles. The van der Waals surface area contributed by atoms with Crippen molar-refractivity contribution in [3.63, 3.8) is 0 Å². The van der Waals surface area contributed by atoms with Crippen molar-refractivity contribution in [3.8, 4) is 0 Å². The molecule has 1 aromatic carbocycles. The van der Waals surface area contributed by atoms with Crippen molar-refractivity contribution in [2.75, 3.05) is 17.7 Å². The maximum Gasteiger partial charge on any atom is 0.224 e. The number of fused-ring (bicyclic) bond motifs is 1. The Morgan fingerprint density at radius 1 is 1.29 bits per heavy atom. The lowest BCUT2D eigenvalue weighted by Gasteiger charge is -2.12. The second kappa shape index (κ2) is 5.68. The highest BCUT2D eigenvalue weighted by atomic mass is 19.1. The number of nitrogens with zero attached hydrogens (tertiary/aromatic N) is 4. The van der Waals surface area contributed by atoms with Crippen molar-refractivity contribution in [1.82, 2.24) is 19.5 Å². The average Bonchev–Trinajstić information content (AvgIpc) is 3.18. The van der Waals surface area contributed by atoms with Crippen LogP contribution in [-0.2, 0) is 4.74 Å². The van der Waals surface area contributed by atoms with Gasteiger partial charge in [0, 0.05) is 12.7 Å². The second-order valence-electron chi connectivity index (χ2n) is 5.47. The van der Waals surface area contributed by atoms with Crippen LogP contribution >= 0.6 is 0 Å². The largest absolute Gasteiger partial charge is 0.368 e. The van der Waals surface area contributed by atoms with Crippen molar-refractivity contribution in [2.24, 2.45) is 0 Å². The molecule has 2 aromatic heterocycles. The monoisotopic (exact) mass is 332 g/mol. The van der Waals surface area contributed by atoms with E-state index in [2.05, 4.69) is 20.3 Å². The lowest BCUT2D eigenvalue weighted by Crippen LogP contribution is -2.08. The third-order valence-corrected chi connectivity index (χ3v) is 3.84. The Labute approximate surface area is 135 Å². The minimum Gasteiger partial charge on any atom is -0.368 e. The molecule has 3 aromatic rings. The predicted molar refractivity (Wildman–Crippen MR) is 83.6 cm³/mol. The molecule has 1 atom stereocenters. The molecule has 3 N–H and O–H groups in total. The number of anilines is 3. The van der Waals surface area contributed by atoms with E-state index in [-0.39, 0.29) is 23.7 Å². The van der Waals surface area contributed by atoms with Gasteiger partial charge in [-0.05, 0) is 25.0 Å². The first-order valence-electron chi connectivity index (χ1n) is 7.45. The van der Waals surface area contributed by atoms with E-state index in [1.807, 2.05) is 0 Å². The van der Waals surface area contributed by atoms with Gasteiger partial charge in [0.15, 0.2) is 17.0 Å². The smallest absolute Gasteiger partial charge is 0.224 e. The molecule has 1 fully saturated rings. The molecule has 3 heterocycles. The number of hydrogen-bond acceptors (Lipinski definition) is 6. The molecule has 24 heavy (non-hydrogen) atoms. The summed E-state index contributed by atoms with van der Waals surface area (Å²) in [6.45, 7) is 0.677. The standard InChI is InChI=1S/C15H14F2N6O/c16-8-3-4-10(9(17)6-8)20-13-12-14(22-15(18)21-13)23(7-19-12)11-2-1-5-24-11/h3-4,6-7,11H,1-2,5H2,(H3,18,20,21,22). The summed E-state index contributed by atoms with van der Waals surface area (Å²) in [7, 11) is 0. The molecular weight excluding hydrogens is 318 g/mol. The summed E-state index contributed by atoms with van der Waals surface area (Å²) in [6.07, 6.45) is 3.25. The summed E-state index contributed by atoms with van der Waals surface area (Å²) in [5.74, 6) is -1.13. The van der Waals surface area contributed by atoms with Crippen LogP contribution in [0, 0.1) is 11.6 Å². The van der Waals surface area contributed by atoms with E-state index in [0.29, 0.717) is 17.8 Å². The Morgan fingerprint density at radius 2 is 2.17 bits per heavy atom. The van der Waals surface area contributed by atoms with Crippen molar-refractivity contribution in [2.45, 2.75) is 19.1 Å². The number of nitrogens with one attached hydrogen (secondary N) is 1. The molecular formula is C15H14F2N6O. The van der Waals surface area contributed by atoms with Gasteiger partial charge >= 0.3 is 0 Å². The molecule has 1 aliphatic rings. The number of rotatable bonds is 3.